The molecule has 168 valence electrons. The Kier molecular flexibility index (Phi) is 5.77. The zero-order chi connectivity index (χ0) is 23.2. The summed E-state index contributed by atoms with van der Waals surface area (Å²) in [6.07, 6.45) is -1.21. The molecule has 0 unspecified atom stereocenters. The summed E-state index contributed by atoms with van der Waals surface area (Å²) in [5, 5.41) is 11.4. The molecule has 1 aliphatic heterocycles. The molecule has 1 atom stereocenters. The van der Waals surface area contributed by atoms with Gasteiger partial charge < -0.3 is 19.3 Å². The molecule has 1 N–H and O–H groups in total. The Morgan fingerprint density at radius 2 is 1.88 bits per heavy atom. The number of aliphatic carboxylic acids is 1. The number of carboxylic acids is 1. The van der Waals surface area contributed by atoms with Gasteiger partial charge in [-0.3, -0.25) is 4.98 Å². The highest BCUT2D eigenvalue weighted by molar-refractivity contribution is 6.31. The molecule has 7 heteroatoms. The van der Waals surface area contributed by atoms with E-state index in [1.807, 2.05) is 58.9 Å². The smallest absolute Gasteiger partial charge is 0.337 e. The average molecular weight is 456 g/mol. The van der Waals surface area contributed by atoms with Crippen LogP contribution >= 0.6 is 11.6 Å². The number of carboxylic acid groups (broad SMARTS) is 1. The molecule has 0 amide bonds. The van der Waals surface area contributed by atoms with Crippen LogP contribution in [0.5, 0.6) is 11.5 Å². The molecule has 32 heavy (non-hydrogen) atoms. The van der Waals surface area contributed by atoms with Crippen molar-refractivity contribution in [2.45, 2.75) is 46.3 Å². The van der Waals surface area contributed by atoms with E-state index in [-0.39, 0.29) is 0 Å². The van der Waals surface area contributed by atoms with Crippen LogP contribution in [-0.4, -0.2) is 34.9 Å². The van der Waals surface area contributed by atoms with Crippen LogP contribution in [0.4, 0.5) is 0 Å². The molecule has 2 heterocycles. The van der Waals surface area contributed by atoms with Crippen molar-refractivity contribution in [2.24, 2.45) is 0 Å². The number of hydrogen-bond donors (Lipinski definition) is 1. The average Bonchev–Trinajstić information content (AvgIpc) is 2.72. The lowest BCUT2D eigenvalue weighted by Crippen LogP contribution is -2.28. The number of halogens is 1. The maximum atomic E-state index is 12.4. The van der Waals surface area contributed by atoms with Gasteiger partial charge in [0.2, 0.25) is 0 Å². The number of fused-ring (bicyclic) bond motifs is 2. The number of carbonyl (C=O) groups is 1. The Morgan fingerprint density at radius 1 is 1.16 bits per heavy atom. The minimum absolute atomic E-state index is 0.455. The molecule has 0 bridgehead atoms. The van der Waals surface area contributed by atoms with E-state index in [1.165, 1.54) is 0 Å². The number of nitrogens with zero attached hydrogens (tertiary/aromatic N) is 1. The van der Waals surface area contributed by atoms with Crippen molar-refractivity contribution in [3.63, 3.8) is 0 Å². The zero-order valence-electron chi connectivity index (χ0n) is 18.8. The molecule has 6 nitrogen and oxygen atoms in total. The third kappa shape index (κ3) is 4.12. The topological polar surface area (TPSA) is 77.9 Å². The van der Waals surface area contributed by atoms with Crippen molar-refractivity contribution in [1.82, 2.24) is 4.98 Å². The normalized spacial score (nSPS) is 14.4. The fourth-order valence-electron chi connectivity index (χ4n) is 4.10. The van der Waals surface area contributed by atoms with E-state index in [9.17, 15) is 9.90 Å². The SMILES string of the molecule is Cc1nc2ccc(Cl)cc2c(-c2ccc3c(c2C)OCCO3)c1[C@H](OC(C)(C)C)C(=O)O. The molecule has 1 aliphatic rings. The van der Waals surface area contributed by atoms with Crippen LogP contribution < -0.4 is 9.47 Å². The van der Waals surface area contributed by atoms with Gasteiger partial charge in [-0.1, -0.05) is 17.7 Å². The third-order valence-electron chi connectivity index (χ3n) is 5.36. The van der Waals surface area contributed by atoms with Crippen LogP contribution in [0, 0.1) is 13.8 Å². The first-order valence-electron chi connectivity index (χ1n) is 10.5. The predicted molar refractivity (Wildman–Crippen MR) is 124 cm³/mol. The zero-order valence-corrected chi connectivity index (χ0v) is 19.5. The van der Waals surface area contributed by atoms with Crippen LogP contribution in [-0.2, 0) is 9.53 Å². The van der Waals surface area contributed by atoms with Crippen LogP contribution in [0.15, 0.2) is 30.3 Å². The van der Waals surface area contributed by atoms with Gasteiger partial charge in [-0.05, 0) is 70.0 Å². The second kappa shape index (κ2) is 8.26. The maximum absolute atomic E-state index is 12.4. The van der Waals surface area contributed by atoms with E-state index in [4.69, 9.17) is 30.8 Å². The van der Waals surface area contributed by atoms with E-state index >= 15 is 0 Å². The van der Waals surface area contributed by atoms with E-state index in [0.29, 0.717) is 41.0 Å². The molecular formula is C25H26ClNO5. The molecule has 0 spiro atoms. The molecule has 0 aliphatic carbocycles. The Morgan fingerprint density at radius 3 is 2.56 bits per heavy atom. The second-order valence-corrected chi connectivity index (χ2v) is 9.29. The first kappa shape index (κ1) is 22.4. The van der Waals surface area contributed by atoms with Crippen LogP contribution in [0.25, 0.3) is 22.0 Å². The number of rotatable bonds is 4. The quantitative estimate of drug-likeness (QED) is 0.529. The van der Waals surface area contributed by atoms with E-state index < -0.39 is 17.7 Å². The largest absolute Gasteiger partial charge is 0.486 e. The maximum Gasteiger partial charge on any atom is 0.337 e. The number of benzene rings is 2. The second-order valence-electron chi connectivity index (χ2n) is 8.86. The lowest BCUT2D eigenvalue weighted by Gasteiger charge is -2.29. The Hall–Kier alpha value is -2.83. The van der Waals surface area contributed by atoms with Gasteiger partial charge in [0.15, 0.2) is 17.6 Å². The summed E-state index contributed by atoms with van der Waals surface area (Å²) in [5.74, 6) is 0.253. The number of pyridine rings is 1. The van der Waals surface area contributed by atoms with Gasteiger partial charge in [-0.2, -0.15) is 0 Å². The summed E-state index contributed by atoms with van der Waals surface area (Å²) in [6, 6.07) is 9.21. The summed E-state index contributed by atoms with van der Waals surface area (Å²) in [5.41, 5.74) is 3.53. The van der Waals surface area contributed by atoms with Gasteiger partial charge in [0.05, 0.1) is 11.1 Å². The molecule has 0 fully saturated rings. The number of ether oxygens (including phenoxy) is 3. The standard InChI is InChI=1S/C25H26ClNO5/c1-13-16(7-9-19-22(13)31-11-10-30-19)21-17-12-15(26)6-8-18(17)27-14(2)20(21)23(24(28)29)32-25(3,4)5/h6-9,12,23H,10-11H2,1-5H3,(H,28,29)/t23-/m0/s1. The van der Waals surface area contributed by atoms with E-state index in [0.717, 1.165) is 27.6 Å². The third-order valence-corrected chi connectivity index (χ3v) is 5.59. The fourth-order valence-corrected chi connectivity index (χ4v) is 4.27. The van der Waals surface area contributed by atoms with Crippen molar-refractivity contribution in [3.05, 3.63) is 52.2 Å². The summed E-state index contributed by atoms with van der Waals surface area (Å²) in [6.45, 7) is 10.2. The molecule has 0 radical (unpaired) electrons. The monoisotopic (exact) mass is 455 g/mol. The van der Waals surface area contributed by atoms with Gasteiger partial charge in [-0.25, -0.2) is 4.79 Å². The van der Waals surface area contributed by atoms with Crippen molar-refractivity contribution in [3.8, 4) is 22.6 Å². The molecule has 2 aromatic carbocycles. The summed E-state index contributed by atoms with van der Waals surface area (Å²) in [4.78, 5) is 17.1. The minimum Gasteiger partial charge on any atom is -0.486 e. The van der Waals surface area contributed by atoms with E-state index in [1.54, 1.807) is 6.07 Å². The van der Waals surface area contributed by atoms with Crippen LogP contribution in [0.1, 0.15) is 43.7 Å². The van der Waals surface area contributed by atoms with Gasteiger partial charge in [0, 0.05) is 27.2 Å². The number of aromatic nitrogens is 1. The van der Waals surface area contributed by atoms with Crippen LogP contribution in [0.3, 0.4) is 0 Å². The highest BCUT2D eigenvalue weighted by atomic mass is 35.5. The van der Waals surface area contributed by atoms with Crippen LogP contribution in [0.2, 0.25) is 5.02 Å². The Bertz CT molecular complexity index is 1220. The molecule has 4 rings (SSSR count). The molecule has 0 saturated carbocycles. The molecule has 0 saturated heterocycles. The fraction of sp³-hybridized carbons (Fsp3) is 0.360. The number of aryl methyl sites for hydroxylation is 1. The summed E-state index contributed by atoms with van der Waals surface area (Å²) in [7, 11) is 0. The first-order chi connectivity index (χ1) is 15.1. The van der Waals surface area contributed by atoms with E-state index in [2.05, 4.69) is 0 Å². The first-order valence-corrected chi connectivity index (χ1v) is 10.8. The highest BCUT2D eigenvalue weighted by Crippen LogP contribution is 2.45. The van der Waals surface area contributed by atoms with Crippen molar-refractivity contribution in [2.75, 3.05) is 13.2 Å². The van der Waals surface area contributed by atoms with Gasteiger partial charge in [0.1, 0.15) is 13.2 Å². The molecular weight excluding hydrogens is 430 g/mol. The van der Waals surface area contributed by atoms with Crippen molar-refractivity contribution < 1.29 is 24.1 Å². The Labute approximate surface area is 192 Å². The lowest BCUT2D eigenvalue weighted by atomic mass is 9.88. The number of hydrogen-bond acceptors (Lipinski definition) is 5. The van der Waals surface area contributed by atoms with Gasteiger partial charge in [0.25, 0.3) is 0 Å². The van der Waals surface area contributed by atoms with Crippen molar-refractivity contribution >= 4 is 28.5 Å². The van der Waals surface area contributed by atoms with Crippen molar-refractivity contribution in [1.29, 1.82) is 0 Å². The summed E-state index contributed by atoms with van der Waals surface area (Å²) < 4.78 is 17.7. The predicted octanol–water partition coefficient (Wildman–Crippen LogP) is 5.88. The molecule has 3 aromatic rings. The highest BCUT2D eigenvalue weighted by Gasteiger charge is 2.33. The van der Waals surface area contributed by atoms with Gasteiger partial charge in [-0.15, -0.1) is 0 Å². The Balaban J connectivity index is 2.09. The summed E-state index contributed by atoms with van der Waals surface area (Å²) >= 11 is 6.35. The lowest BCUT2D eigenvalue weighted by molar-refractivity contribution is -0.160. The molecule has 1 aromatic heterocycles. The minimum atomic E-state index is -1.21. The van der Waals surface area contributed by atoms with Gasteiger partial charge >= 0.3 is 5.97 Å².